The molecule has 0 aliphatic carbocycles. The van der Waals surface area contributed by atoms with E-state index in [2.05, 4.69) is 27.7 Å². The Kier molecular flexibility index (Phi) is 29.5. The van der Waals surface area contributed by atoms with Gasteiger partial charge in [0.05, 0.1) is 0 Å². The van der Waals surface area contributed by atoms with Gasteiger partial charge in [0.15, 0.2) is 0 Å². The van der Waals surface area contributed by atoms with Gasteiger partial charge in [-0.25, -0.2) is 0 Å². The topological polar surface area (TPSA) is 0 Å². The van der Waals surface area contributed by atoms with E-state index in [0.717, 1.165) is 0 Å². The Morgan fingerprint density at radius 3 is 0.478 bits per heavy atom. The first-order valence-electron chi connectivity index (χ1n) is 11.3. The summed E-state index contributed by atoms with van der Waals surface area (Å²) in [6.45, 7) is 9.11. The van der Waals surface area contributed by atoms with Gasteiger partial charge in [-0.05, 0) is 0 Å². The molecule has 0 N–H and O–H groups in total. The van der Waals surface area contributed by atoms with Gasteiger partial charge in [0.2, 0.25) is 0 Å². The van der Waals surface area contributed by atoms with Gasteiger partial charge in [-0.1, -0.05) is 150 Å². The summed E-state index contributed by atoms with van der Waals surface area (Å²) < 4.78 is 0. The minimum atomic E-state index is 1.37. The summed E-state index contributed by atoms with van der Waals surface area (Å²) in [5.41, 5.74) is 0. The lowest BCUT2D eigenvalue weighted by Gasteiger charge is -1.99. The fraction of sp³-hybridized carbons (Fsp3) is 1.00. The average Bonchev–Trinajstić information content (AvgIpc) is 2.57. The maximum atomic E-state index is 2.28. The third kappa shape index (κ3) is 30.4. The SMILES string of the molecule is CCCCCCCCCCC.CCCCCCCCCCCC. The van der Waals surface area contributed by atoms with Crippen LogP contribution in [0.3, 0.4) is 0 Å². The highest BCUT2D eigenvalue weighted by atomic mass is 14.0. The van der Waals surface area contributed by atoms with Gasteiger partial charge in [-0.15, -0.1) is 0 Å². The summed E-state index contributed by atoms with van der Waals surface area (Å²) in [6, 6.07) is 0. The molecule has 0 saturated carbocycles. The lowest BCUT2D eigenvalue weighted by Crippen LogP contribution is -1.80. The molecule has 0 saturated heterocycles. The van der Waals surface area contributed by atoms with Crippen LogP contribution >= 0.6 is 0 Å². The van der Waals surface area contributed by atoms with Crippen molar-refractivity contribution in [2.75, 3.05) is 0 Å². The van der Waals surface area contributed by atoms with Crippen LogP contribution in [0.5, 0.6) is 0 Å². The fourth-order valence-electron chi connectivity index (χ4n) is 2.94. The molecule has 0 nitrogen and oxygen atoms in total. The van der Waals surface area contributed by atoms with E-state index in [-0.39, 0.29) is 0 Å². The van der Waals surface area contributed by atoms with Gasteiger partial charge in [0.25, 0.3) is 0 Å². The summed E-state index contributed by atoms with van der Waals surface area (Å²) in [5.74, 6) is 0. The monoisotopic (exact) mass is 326 g/mol. The molecule has 0 aliphatic heterocycles. The molecule has 0 unspecified atom stereocenters. The van der Waals surface area contributed by atoms with Gasteiger partial charge in [-0.3, -0.25) is 0 Å². The maximum absolute atomic E-state index is 2.28. The van der Waals surface area contributed by atoms with Crippen LogP contribution in [0.25, 0.3) is 0 Å². The molecule has 0 heteroatoms. The Hall–Kier alpha value is 0. The molecule has 0 fully saturated rings. The molecule has 0 amide bonds. The predicted octanol–water partition coefficient (Wildman–Crippen LogP) is 9.46. The van der Waals surface area contributed by atoms with Gasteiger partial charge >= 0.3 is 0 Å². The van der Waals surface area contributed by atoms with Crippen LogP contribution < -0.4 is 0 Å². The first kappa shape index (κ1) is 25.2. The van der Waals surface area contributed by atoms with E-state index in [1.165, 1.54) is 122 Å². The maximum Gasteiger partial charge on any atom is -0.0533 e. The largest absolute Gasteiger partial charge is 0.0654 e. The fourth-order valence-corrected chi connectivity index (χ4v) is 2.94. The highest BCUT2D eigenvalue weighted by molar-refractivity contribution is 4.46. The molecule has 0 heterocycles. The second kappa shape index (κ2) is 26.9. The van der Waals surface area contributed by atoms with E-state index in [1.807, 2.05) is 0 Å². The quantitative estimate of drug-likeness (QED) is 0.233. The van der Waals surface area contributed by atoms with Crippen molar-refractivity contribution in [1.29, 1.82) is 0 Å². The lowest BCUT2D eigenvalue weighted by atomic mass is 10.1. The number of rotatable bonds is 17. The van der Waals surface area contributed by atoms with E-state index in [1.54, 1.807) is 0 Å². The Bertz CT molecular complexity index is 143. The van der Waals surface area contributed by atoms with Crippen LogP contribution in [-0.4, -0.2) is 0 Å². The van der Waals surface area contributed by atoms with Crippen molar-refractivity contribution in [3.63, 3.8) is 0 Å². The van der Waals surface area contributed by atoms with Crippen molar-refractivity contribution in [3.8, 4) is 0 Å². The van der Waals surface area contributed by atoms with Crippen LogP contribution in [0.2, 0.25) is 0 Å². The smallest absolute Gasteiger partial charge is 0.0533 e. The zero-order valence-electron chi connectivity index (χ0n) is 17.4. The zero-order chi connectivity index (χ0) is 17.4. The molecule has 0 rings (SSSR count). The van der Waals surface area contributed by atoms with E-state index in [9.17, 15) is 0 Å². The summed E-state index contributed by atoms with van der Waals surface area (Å²) in [7, 11) is 0. The molecule has 0 spiro atoms. The highest BCUT2D eigenvalue weighted by Gasteiger charge is 1.90. The first-order valence-corrected chi connectivity index (χ1v) is 11.3. The number of hydrogen-bond donors (Lipinski definition) is 0. The minimum absolute atomic E-state index is 1.37. The van der Waals surface area contributed by atoms with E-state index in [4.69, 9.17) is 0 Å². The van der Waals surface area contributed by atoms with Crippen molar-refractivity contribution in [2.24, 2.45) is 0 Å². The Morgan fingerprint density at radius 2 is 0.348 bits per heavy atom. The first-order chi connectivity index (χ1) is 11.3. The van der Waals surface area contributed by atoms with Crippen molar-refractivity contribution in [2.45, 2.75) is 150 Å². The number of hydrogen-bond acceptors (Lipinski definition) is 0. The second-order valence-corrected chi connectivity index (χ2v) is 7.30. The van der Waals surface area contributed by atoms with Gasteiger partial charge in [-0.2, -0.15) is 0 Å². The molecule has 0 radical (unpaired) electrons. The second-order valence-electron chi connectivity index (χ2n) is 7.30. The van der Waals surface area contributed by atoms with Crippen LogP contribution in [0.15, 0.2) is 0 Å². The van der Waals surface area contributed by atoms with E-state index < -0.39 is 0 Å². The molecule has 142 valence electrons. The van der Waals surface area contributed by atoms with Gasteiger partial charge in [0, 0.05) is 0 Å². The molecule has 0 aromatic carbocycles. The van der Waals surface area contributed by atoms with Gasteiger partial charge < -0.3 is 0 Å². The lowest BCUT2D eigenvalue weighted by molar-refractivity contribution is 0.562. The van der Waals surface area contributed by atoms with Crippen LogP contribution in [-0.2, 0) is 0 Å². The molecule has 0 atom stereocenters. The Labute approximate surface area is 150 Å². The predicted molar refractivity (Wildman–Crippen MR) is 110 cm³/mol. The standard InChI is InChI=1S/C12H26.C11H24/c1-3-5-7-9-11-12-10-8-6-4-2;1-3-5-7-9-11-10-8-6-4-2/h3-12H2,1-2H3;3-11H2,1-2H3. The molecular weight excluding hydrogens is 276 g/mol. The molecule has 0 bridgehead atoms. The number of unbranched alkanes of at least 4 members (excludes halogenated alkanes) is 17. The van der Waals surface area contributed by atoms with Crippen molar-refractivity contribution in [1.82, 2.24) is 0 Å². The van der Waals surface area contributed by atoms with E-state index in [0.29, 0.717) is 0 Å². The Balaban J connectivity index is 0. The van der Waals surface area contributed by atoms with Crippen LogP contribution in [0, 0.1) is 0 Å². The van der Waals surface area contributed by atoms with E-state index >= 15 is 0 Å². The van der Waals surface area contributed by atoms with Crippen LogP contribution in [0.4, 0.5) is 0 Å². The van der Waals surface area contributed by atoms with Crippen molar-refractivity contribution < 1.29 is 0 Å². The Morgan fingerprint density at radius 1 is 0.217 bits per heavy atom. The summed E-state index contributed by atoms with van der Waals surface area (Å²) in [5, 5.41) is 0. The third-order valence-corrected chi connectivity index (χ3v) is 4.66. The van der Waals surface area contributed by atoms with Crippen molar-refractivity contribution in [3.05, 3.63) is 0 Å². The molecule has 23 heavy (non-hydrogen) atoms. The average molecular weight is 327 g/mol. The van der Waals surface area contributed by atoms with Gasteiger partial charge in [0.1, 0.15) is 0 Å². The summed E-state index contributed by atoms with van der Waals surface area (Å²) >= 11 is 0. The molecule has 0 aliphatic rings. The minimum Gasteiger partial charge on any atom is -0.0654 e. The summed E-state index contributed by atoms with van der Waals surface area (Å²) in [6.07, 6.45) is 27.4. The zero-order valence-corrected chi connectivity index (χ0v) is 17.4. The normalized spacial score (nSPS) is 10.4. The molecular formula is C23H50. The molecule has 0 aromatic heterocycles. The van der Waals surface area contributed by atoms with Crippen molar-refractivity contribution >= 4 is 0 Å². The third-order valence-electron chi connectivity index (χ3n) is 4.66. The highest BCUT2D eigenvalue weighted by Crippen LogP contribution is 2.10. The van der Waals surface area contributed by atoms with Crippen LogP contribution in [0.1, 0.15) is 150 Å². The molecule has 0 aromatic rings. The summed E-state index contributed by atoms with van der Waals surface area (Å²) in [4.78, 5) is 0.